The van der Waals surface area contributed by atoms with E-state index in [0.717, 1.165) is 16.9 Å². The van der Waals surface area contributed by atoms with Crippen molar-refractivity contribution in [2.24, 2.45) is 0 Å². The molecule has 2 aromatic heterocycles. The van der Waals surface area contributed by atoms with Gasteiger partial charge in [0.25, 0.3) is 0 Å². The van der Waals surface area contributed by atoms with Gasteiger partial charge < -0.3 is 5.11 Å². The Labute approximate surface area is 94.1 Å². The summed E-state index contributed by atoms with van der Waals surface area (Å²) < 4.78 is 13.8. The van der Waals surface area contributed by atoms with E-state index in [0.29, 0.717) is 0 Å². The van der Waals surface area contributed by atoms with Gasteiger partial charge in [0.2, 0.25) is 0 Å². The molecule has 2 rings (SSSR count). The van der Waals surface area contributed by atoms with E-state index in [1.807, 2.05) is 0 Å². The summed E-state index contributed by atoms with van der Waals surface area (Å²) in [5, 5.41) is 12.6. The summed E-state index contributed by atoms with van der Waals surface area (Å²) in [5.41, 5.74) is -0.0963. The third-order valence-corrected chi connectivity index (χ3v) is 2.13. The second kappa shape index (κ2) is 3.90. The average Bonchev–Trinajstić information content (AvgIpc) is 2.66. The van der Waals surface area contributed by atoms with E-state index in [2.05, 4.69) is 10.1 Å². The molecular formula is C9H5ClFN3O2. The van der Waals surface area contributed by atoms with Crippen molar-refractivity contribution < 1.29 is 14.3 Å². The fourth-order valence-electron chi connectivity index (χ4n) is 1.20. The molecule has 2 aromatic rings. The maximum atomic E-state index is 12.8. The summed E-state index contributed by atoms with van der Waals surface area (Å²) in [5.74, 6) is -1.69. The van der Waals surface area contributed by atoms with Crippen LogP contribution in [0.2, 0.25) is 5.02 Å². The molecule has 0 aromatic carbocycles. The van der Waals surface area contributed by atoms with Gasteiger partial charge in [0.15, 0.2) is 11.5 Å². The highest BCUT2D eigenvalue weighted by molar-refractivity contribution is 6.32. The number of pyridine rings is 1. The monoisotopic (exact) mass is 241 g/mol. The summed E-state index contributed by atoms with van der Waals surface area (Å²) in [4.78, 5) is 14.5. The first kappa shape index (κ1) is 10.6. The van der Waals surface area contributed by atoms with Crippen LogP contribution in [0.4, 0.5) is 4.39 Å². The molecule has 0 bridgehead atoms. The summed E-state index contributed by atoms with van der Waals surface area (Å²) >= 11 is 5.74. The first-order chi connectivity index (χ1) is 7.59. The fraction of sp³-hybridized carbons (Fsp3) is 0. The standard InChI is InChI=1S/C9H5ClFN3O2/c10-6-3-5(11)4-12-8(6)14-7(9(15)16)1-2-13-14/h1-4H,(H,15,16). The van der Waals surface area contributed by atoms with Gasteiger partial charge in [-0.25, -0.2) is 18.9 Å². The van der Waals surface area contributed by atoms with Crippen molar-refractivity contribution in [1.29, 1.82) is 0 Å². The second-order valence-electron chi connectivity index (χ2n) is 2.89. The lowest BCUT2D eigenvalue weighted by Crippen LogP contribution is -2.10. The van der Waals surface area contributed by atoms with Gasteiger partial charge in [-0.3, -0.25) is 0 Å². The van der Waals surface area contributed by atoms with Crippen molar-refractivity contribution in [3.05, 3.63) is 41.1 Å². The summed E-state index contributed by atoms with van der Waals surface area (Å²) in [6, 6.07) is 2.33. The zero-order valence-electron chi connectivity index (χ0n) is 7.76. The van der Waals surface area contributed by atoms with E-state index < -0.39 is 11.8 Å². The Bertz CT molecular complexity index is 555. The van der Waals surface area contributed by atoms with Gasteiger partial charge in [-0.15, -0.1) is 0 Å². The lowest BCUT2D eigenvalue weighted by Gasteiger charge is -2.04. The normalized spacial score (nSPS) is 10.4. The predicted octanol–water partition coefficient (Wildman–Crippen LogP) is 1.76. The molecule has 0 unspecified atom stereocenters. The molecule has 1 N–H and O–H groups in total. The zero-order valence-corrected chi connectivity index (χ0v) is 8.52. The Hall–Kier alpha value is -1.95. The number of carboxylic acid groups (broad SMARTS) is 1. The number of halogens is 2. The van der Waals surface area contributed by atoms with Crippen LogP contribution in [0.3, 0.4) is 0 Å². The molecule has 0 aliphatic rings. The van der Waals surface area contributed by atoms with Crippen molar-refractivity contribution in [2.75, 3.05) is 0 Å². The smallest absolute Gasteiger partial charge is 0.354 e. The largest absolute Gasteiger partial charge is 0.477 e. The van der Waals surface area contributed by atoms with Crippen molar-refractivity contribution in [1.82, 2.24) is 14.8 Å². The quantitative estimate of drug-likeness (QED) is 0.870. The predicted molar refractivity (Wildman–Crippen MR) is 53.3 cm³/mol. The molecular weight excluding hydrogens is 237 g/mol. The Balaban J connectivity index is 2.59. The Kier molecular flexibility index (Phi) is 2.57. The fourth-order valence-corrected chi connectivity index (χ4v) is 1.43. The maximum Gasteiger partial charge on any atom is 0.354 e. The first-order valence-corrected chi connectivity index (χ1v) is 4.56. The number of rotatable bonds is 2. The van der Waals surface area contributed by atoms with Crippen LogP contribution in [0, 0.1) is 5.82 Å². The number of aromatic nitrogens is 3. The molecule has 0 saturated carbocycles. The molecule has 0 aliphatic heterocycles. The summed E-state index contributed by atoms with van der Waals surface area (Å²) in [7, 11) is 0. The molecule has 0 fully saturated rings. The number of hydrogen-bond acceptors (Lipinski definition) is 3. The van der Waals surface area contributed by atoms with Gasteiger partial charge in [0, 0.05) is 0 Å². The molecule has 0 amide bonds. The molecule has 5 nitrogen and oxygen atoms in total. The zero-order chi connectivity index (χ0) is 11.7. The highest BCUT2D eigenvalue weighted by Crippen LogP contribution is 2.19. The minimum Gasteiger partial charge on any atom is -0.477 e. The van der Waals surface area contributed by atoms with Crippen LogP contribution < -0.4 is 0 Å². The van der Waals surface area contributed by atoms with Crippen LogP contribution in [-0.2, 0) is 0 Å². The molecule has 82 valence electrons. The second-order valence-corrected chi connectivity index (χ2v) is 3.30. The number of nitrogens with zero attached hydrogens (tertiary/aromatic N) is 3. The van der Waals surface area contributed by atoms with E-state index in [1.165, 1.54) is 12.3 Å². The van der Waals surface area contributed by atoms with Crippen molar-refractivity contribution in [3.63, 3.8) is 0 Å². The first-order valence-electron chi connectivity index (χ1n) is 4.18. The average molecular weight is 242 g/mol. The summed E-state index contributed by atoms with van der Waals surface area (Å²) in [6.45, 7) is 0. The maximum absolute atomic E-state index is 12.8. The highest BCUT2D eigenvalue weighted by Gasteiger charge is 2.15. The van der Waals surface area contributed by atoms with Crippen molar-refractivity contribution in [3.8, 4) is 5.82 Å². The van der Waals surface area contributed by atoms with Gasteiger partial charge in [0.1, 0.15) is 5.82 Å². The lowest BCUT2D eigenvalue weighted by molar-refractivity contribution is 0.0687. The highest BCUT2D eigenvalue weighted by atomic mass is 35.5. The third kappa shape index (κ3) is 1.74. The Morgan fingerprint density at radius 3 is 2.94 bits per heavy atom. The minimum atomic E-state index is -1.17. The van der Waals surface area contributed by atoms with Crippen LogP contribution >= 0.6 is 11.6 Å². The third-order valence-electron chi connectivity index (χ3n) is 1.85. The molecule has 0 saturated heterocycles. The SMILES string of the molecule is O=C(O)c1ccnn1-c1ncc(F)cc1Cl. The van der Waals surface area contributed by atoms with Crippen molar-refractivity contribution in [2.45, 2.75) is 0 Å². The Morgan fingerprint density at radius 1 is 1.56 bits per heavy atom. The van der Waals surface area contributed by atoms with E-state index in [4.69, 9.17) is 16.7 Å². The number of hydrogen-bond donors (Lipinski definition) is 1. The number of carboxylic acids is 1. The van der Waals surface area contributed by atoms with E-state index in [9.17, 15) is 9.18 Å². The van der Waals surface area contributed by atoms with E-state index in [-0.39, 0.29) is 16.5 Å². The molecule has 0 spiro atoms. The van der Waals surface area contributed by atoms with Crippen LogP contribution in [-0.4, -0.2) is 25.8 Å². The van der Waals surface area contributed by atoms with Gasteiger partial charge in [-0.1, -0.05) is 11.6 Å². The molecule has 0 atom stereocenters. The molecule has 16 heavy (non-hydrogen) atoms. The van der Waals surface area contributed by atoms with Crippen LogP contribution in [0.5, 0.6) is 0 Å². The van der Waals surface area contributed by atoms with Crippen LogP contribution in [0.25, 0.3) is 5.82 Å². The molecule has 0 radical (unpaired) electrons. The van der Waals surface area contributed by atoms with Gasteiger partial charge in [-0.05, 0) is 12.1 Å². The van der Waals surface area contributed by atoms with Gasteiger partial charge in [0.05, 0.1) is 17.4 Å². The van der Waals surface area contributed by atoms with Gasteiger partial charge in [-0.2, -0.15) is 5.10 Å². The van der Waals surface area contributed by atoms with Gasteiger partial charge >= 0.3 is 5.97 Å². The minimum absolute atomic E-state index is 0.00815. The number of carbonyl (C=O) groups is 1. The molecule has 7 heteroatoms. The van der Waals surface area contributed by atoms with Crippen molar-refractivity contribution >= 4 is 17.6 Å². The van der Waals surface area contributed by atoms with E-state index in [1.54, 1.807) is 0 Å². The number of aromatic carboxylic acids is 1. The van der Waals surface area contributed by atoms with Crippen LogP contribution in [0.15, 0.2) is 24.5 Å². The molecule has 0 aliphatic carbocycles. The topological polar surface area (TPSA) is 68.0 Å². The van der Waals surface area contributed by atoms with E-state index >= 15 is 0 Å². The summed E-state index contributed by atoms with van der Waals surface area (Å²) in [6.07, 6.45) is 2.24. The lowest BCUT2D eigenvalue weighted by atomic mass is 10.4. The Morgan fingerprint density at radius 2 is 2.31 bits per heavy atom. The van der Waals surface area contributed by atoms with Crippen LogP contribution in [0.1, 0.15) is 10.5 Å². The molecule has 2 heterocycles.